The van der Waals surface area contributed by atoms with Gasteiger partial charge in [-0.15, -0.1) is 0 Å². The maximum absolute atomic E-state index is 14.0. The number of ether oxygens (including phenoxy) is 1. The molecule has 2 atom stereocenters. The molecule has 1 saturated carbocycles. The van der Waals surface area contributed by atoms with Gasteiger partial charge < -0.3 is 26.0 Å². The summed E-state index contributed by atoms with van der Waals surface area (Å²) in [4.78, 5) is 41.4. The molecule has 8 nitrogen and oxygen atoms in total. The number of hydrogen-bond donors (Lipinski definition) is 4. The zero-order valence-corrected chi connectivity index (χ0v) is 25.4. The Kier molecular flexibility index (Phi) is 10.7. The fourth-order valence-electron chi connectivity index (χ4n) is 5.82. The molecule has 0 unspecified atom stereocenters. The molecule has 1 fully saturated rings. The van der Waals surface area contributed by atoms with Crippen molar-refractivity contribution in [1.29, 1.82) is 0 Å². The maximum Gasteiger partial charge on any atom is 0.246 e. The Bertz CT molecular complexity index is 1470. The molecule has 5 rings (SSSR count). The summed E-state index contributed by atoms with van der Waals surface area (Å²) in [6.45, 7) is 0.997. The minimum absolute atomic E-state index is 0.279. The molecule has 230 valence electrons. The predicted octanol–water partition coefficient (Wildman–Crippen LogP) is 4.22. The van der Waals surface area contributed by atoms with Gasteiger partial charge in [0.2, 0.25) is 17.7 Å². The van der Waals surface area contributed by atoms with Crippen LogP contribution in [0.3, 0.4) is 0 Å². The molecule has 1 heterocycles. The molecular formula is C35H39ClN4O4. The van der Waals surface area contributed by atoms with Gasteiger partial charge in [0.25, 0.3) is 0 Å². The minimum Gasteiger partial charge on any atom is -0.492 e. The smallest absolute Gasteiger partial charge is 0.246 e. The average molecular weight is 615 g/mol. The number of halogens is 1. The first-order valence-corrected chi connectivity index (χ1v) is 15.6. The van der Waals surface area contributed by atoms with E-state index in [0.29, 0.717) is 49.6 Å². The van der Waals surface area contributed by atoms with Crippen LogP contribution in [0, 0.1) is 0 Å². The van der Waals surface area contributed by atoms with E-state index < -0.39 is 17.6 Å². The van der Waals surface area contributed by atoms with Crippen molar-refractivity contribution in [3.05, 3.63) is 107 Å². The van der Waals surface area contributed by atoms with E-state index in [-0.39, 0.29) is 24.3 Å². The standard InChI is InChI=1S/C35H39ClN4O4/c36-28-16-6-4-14-27(28)24-29-33(42)40-35(18-8-9-19-35)34(43)39-30(23-25-11-2-1-3-12-25)32(41)38-20-10-15-26-13-5-7-17-31(26)44-22-21-37-29/h1-7,10-17,29-30,37H,8-9,18-24H2,(H,38,41)(H,39,43)(H,40,42)/b15-10-/t29-,30-/m0/s1. The topological polar surface area (TPSA) is 109 Å². The number of para-hydroxylation sites is 1. The fraction of sp³-hybridized carbons (Fsp3) is 0.343. The van der Waals surface area contributed by atoms with Crippen LogP contribution in [-0.2, 0) is 27.2 Å². The molecule has 4 N–H and O–H groups in total. The summed E-state index contributed by atoms with van der Waals surface area (Å²) in [6, 6.07) is 23.2. The highest BCUT2D eigenvalue weighted by Crippen LogP contribution is 2.31. The molecule has 3 amide bonds. The van der Waals surface area contributed by atoms with Gasteiger partial charge in [-0.05, 0) is 42.5 Å². The third-order valence-corrected chi connectivity index (χ3v) is 8.59. The third kappa shape index (κ3) is 8.07. The number of amides is 3. The van der Waals surface area contributed by atoms with Crippen LogP contribution in [0.25, 0.3) is 6.08 Å². The van der Waals surface area contributed by atoms with Gasteiger partial charge in [0.15, 0.2) is 0 Å². The minimum atomic E-state index is -1.12. The van der Waals surface area contributed by atoms with E-state index >= 15 is 0 Å². The summed E-state index contributed by atoms with van der Waals surface area (Å²) >= 11 is 6.48. The Morgan fingerprint density at radius 3 is 2.34 bits per heavy atom. The number of hydrogen-bond acceptors (Lipinski definition) is 5. The van der Waals surface area contributed by atoms with Crippen LogP contribution >= 0.6 is 11.6 Å². The number of rotatable bonds is 4. The van der Waals surface area contributed by atoms with E-state index in [1.165, 1.54) is 0 Å². The van der Waals surface area contributed by atoms with Crippen LogP contribution < -0.4 is 26.0 Å². The van der Waals surface area contributed by atoms with Gasteiger partial charge in [-0.3, -0.25) is 14.4 Å². The second-order valence-corrected chi connectivity index (χ2v) is 11.7. The Morgan fingerprint density at radius 2 is 1.55 bits per heavy atom. The Balaban J connectivity index is 1.45. The molecule has 1 aliphatic carbocycles. The van der Waals surface area contributed by atoms with Crippen molar-refractivity contribution in [3.63, 3.8) is 0 Å². The van der Waals surface area contributed by atoms with E-state index in [1.807, 2.05) is 84.9 Å². The molecule has 44 heavy (non-hydrogen) atoms. The molecule has 0 bridgehead atoms. The van der Waals surface area contributed by atoms with E-state index in [4.69, 9.17) is 16.3 Å². The van der Waals surface area contributed by atoms with Gasteiger partial charge in [0, 0.05) is 30.1 Å². The van der Waals surface area contributed by atoms with Gasteiger partial charge in [0.1, 0.15) is 23.9 Å². The number of fused-ring (bicyclic) bond motifs is 1. The van der Waals surface area contributed by atoms with E-state index in [0.717, 1.165) is 29.5 Å². The summed E-state index contributed by atoms with van der Waals surface area (Å²) in [6.07, 6.45) is 6.99. The van der Waals surface area contributed by atoms with Crippen molar-refractivity contribution in [3.8, 4) is 5.75 Å². The van der Waals surface area contributed by atoms with Gasteiger partial charge in [0.05, 0.1) is 6.04 Å². The summed E-state index contributed by atoms with van der Waals surface area (Å²) in [5.41, 5.74) is 1.49. The van der Waals surface area contributed by atoms with Crippen LogP contribution in [-0.4, -0.2) is 55.0 Å². The largest absolute Gasteiger partial charge is 0.492 e. The van der Waals surface area contributed by atoms with Crippen molar-refractivity contribution in [2.24, 2.45) is 0 Å². The SMILES string of the molecule is O=C1NC2(CCCC2)C(=O)N[C@@H](Cc2ccccc2)C(=O)NC/C=C\c2ccccc2OCCN[C@H]1Cc1ccccc1Cl. The highest BCUT2D eigenvalue weighted by molar-refractivity contribution is 6.31. The molecule has 0 saturated heterocycles. The van der Waals surface area contributed by atoms with Crippen molar-refractivity contribution in [2.45, 2.75) is 56.1 Å². The Labute approximate surface area is 263 Å². The van der Waals surface area contributed by atoms with Gasteiger partial charge >= 0.3 is 0 Å². The van der Waals surface area contributed by atoms with E-state index in [1.54, 1.807) is 6.07 Å². The number of benzene rings is 3. The molecule has 3 aromatic carbocycles. The highest BCUT2D eigenvalue weighted by atomic mass is 35.5. The van der Waals surface area contributed by atoms with Crippen LogP contribution in [0.4, 0.5) is 0 Å². The van der Waals surface area contributed by atoms with Crippen LogP contribution in [0.5, 0.6) is 5.75 Å². The molecule has 1 aliphatic heterocycles. The second-order valence-electron chi connectivity index (χ2n) is 11.3. The monoisotopic (exact) mass is 614 g/mol. The number of carbonyl (C=O) groups excluding carboxylic acids is 3. The maximum atomic E-state index is 14.0. The number of carbonyl (C=O) groups is 3. The van der Waals surface area contributed by atoms with Crippen molar-refractivity contribution in [2.75, 3.05) is 19.7 Å². The lowest BCUT2D eigenvalue weighted by Crippen LogP contribution is -2.63. The molecule has 9 heteroatoms. The molecule has 2 aliphatic rings. The van der Waals surface area contributed by atoms with Crippen LogP contribution in [0.2, 0.25) is 5.02 Å². The lowest BCUT2D eigenvalue weighted by molar-refractivity contribution is -0.136. The average Bonchev–Trinajstić information content (AvgIpc) is 3.51. The fourth-order valence-corrected chi connectivity index (χ4v) is 6.03. The van der Waals surface area contributed by atoms with Crippen LogP contribution in [0.15, 0.2) is 84.9 Å². The summed E-state index contributed by atoms with van der Waals surface area (Å²) in [5.74, 6) is -0.236. The molecule has 0 aromatic heterocycles. The predicted molar refractivity (Wildman–Crippen MR) is 172 cm³/mol. The van der Waals surface area contributed by atoms with Gasteiger partial charge in [-0.1, -0.05) is 103 Å². The first-order chi connectivity index (χ1) is 21.4. The normalized spacial score (nSPS) is 22.0. The highest BCUT2D eigenvalue weighted by Gasteiger charge is 2.44. The van der Waals surface area contributed by atoms with E-state index in [2.05, 4.69) is 21.3 Å². The van der Waals surface area contributed by atoms with E-state index in [9.17, 15) is 14.4 Å². The summed E-state index contributed by atoms with van der Waals surface area (Å²) in [7, 11) is 0. The molecule has 1 spiro atoms. The van der Waals surface area contributed by atoms with Crippen molar-refractivity contribution in [1.82, 2.24) is 21.3 Å². The van der Waals surface area contributed by atoms with Crippen molar-refractivity contribution >= 4 is 35.4 Å². The first-order valence-electron chi connectivity index (χ1n) is 15.2. The molecule has 0 radical (unpaired) electrons. The quantitative estimate of drug-likeness (QED) is 0.352. The molecule has 3 aromatic rings. The summed E-state index contributed by atoms with van der Waals surface area (Å²) in [5, 5.41) is 13.0. The zero-order chi connectivity index (χ0) is 30.8. The lowest BCUT2D eigenvalue weighted by Gasteiger charge is -2.33. The lowest BCUT2D eigenvalue weighted by atomic mass is 9.93. The number of nitrogens with one attached hydrogen (secondary N) is 4. The molecular weight excluding hydrogens is 576 g/mol. The first kappa shape index (κ1) is 31.3. The van der Waals surface area contributed by atoms with Crippen molar-refractivity contribution < 1.29 is 19.1 Å². The third-order valence-electron chi connectivity index (χ3n) is 8.22. The van der Waals surface area contributed by atoms with Gasteiger partial charge in [-0.2, -0.15) is 0 Å². The second kappa shape index (κ2) is 15.0. The van der Waals surface area contributed by atoms with Crippen LogP contribution in [0.1, 0.15) is 42.4 Å². The van der Waals surface area contributed by atoms with Gasteiger partial charge in [-0.25, -0.2) is 0 Å². The Hall–Kier alpha value is -4.14. The zero-order valence-electron chi connectivity index (χ0n) is 24.7. The Morgan fingerprint density at radius 1 is 0.818 bits per heavy atom. The summed E-state index contributed by atoms with van der Waals surface area (Å²) < 4.78 is 6.08.